The zero-order valence-electron chi connectivity index (χ0n) is 15.2. The third-order valence-electron chi connectivity index (χ3n) is 5.57. The quantitative estimate of drug-likeness (QED) is 0.722. The summed E-state index contributed by atoms with van der Waals surface area (Å²) in [4.78, 5) is 26.3. The molecule has 3 aliphatic rings. The number of hydrogen-bond donors (Lipinski definition) is 2. The van der Waals surface area contributed by atoms with E-state index in [0.29, 0.717) is 19.6 Å². The molecule has 3 fully saturated rings. The molecule has 3 rings (SSSR count). The third kappa shape index (κ3) is 5.31. The summed E-state index contributed by atoms with van der Waals surface area (Å²) >= 11 is 0. The smallest absolute Gasteiger partial charge is 0.317 e. The minimum absolute atomic E-state index is 0.0151. The van der Waals surface area contributed by atoms with Crippen molar-refractivity contribution in [2.75, 3.05) is 40.0 Å². The maximum Gasteiger partial charge on any atom is 0.317 e. The van der Waals surface area contributed by atoms with Gasteiger partial charge in [-0.2, -0.15) is 0 Å². The Kier molecular flexibility index (Phi) is 6.17. The van der Waals surface area contributed by atoms with Crippen LogP contribution < -0.4 is 10.6 Å². The van der Waals surface area contributed by atoms with Gasteiger partial charge in [0, 0.05) is 38.9 Å². The standard InChI is InChI=1S/C18H31N3O4/c1-24-13-16(22)20-18(11-14-4-5-14)6-8-21(9-7-18)17(23)19-12-15-3-2-10-25-15/h14-15H,2-13H2,1H3,(H,19,23)(H,20,22). The fourth-order valence-corrected chi connectivity index (χ4v) is 3.97. The first kappa shape index (κ1) is 18.5. The maximum absolute atomic E-state index is 12.4. The van der Waals surface area contributed by atoms with Crippen molar-refractivity contribution in [1.82, 2.24) is 15.5 Å². The average Bonchev–Trinajstić information content (AvgIpc) is 3.24. The van der Waals surface area contributed by atoms with Gasteiger partial charge in [-0.25, -0.2) is 4.79 Å². The van der Waals surface area contributed by atoms with Crippen LogP contribution in [0.3, 0.4) is 0 Å². The Bertz CT molecular complexity index is 467. The van der Waals surface area contributed by atoms with Crippen LogP contribution in [-0.4, -0.2) is 68.4 Å². The first-order chi connectivity index (χ1) is 12.1. The summed E-state index contributed by atoms with van der Waals surface area (Å²) in [6.07, 6.45) is 7.43. The van der Waals surface area contributed by atoms with Crippen LogP contribution in [0.4, 0.5) is 4.79 Å². The minimum atomic E-state index is -0.178. The molecular weight excluding hydrogens is 322 g/mol. The van der Waals surface area contributed by atoms with Crippen molar-refractivity contribution in [1.29, 1.82) is 0 Å². The van der Waals surface area contributed by atoms with E-state index in [0.717, 1.165) is 44.6 Å². The molecule has 1 unspecified atom stereocenters. The lowest BCUT2D eigenvalue weighted by Crippen LogP contribution is -2.58. The lowest BCUT2D eigenvalue weighted by molar-refractivity contribution is -0.127. The van der Waals surface area contributed by atoms with Gasteiger partial charge in [-0.1, -0.05) is 12.8 Å². The number of likely N-dealkylation sites (tertiary alicyclic amines) is 1. The third-order valence-corrected chi connectivity index (χ3v) is 5.57. The van der Waals surface area contributed by atoms with Crippen LogP contribution >= 0.6 is 0 Å². The fourth-order valence-electron chi connectivity index (χ4n) is 3.97. The predicted molar refractivity (Wildman–Crippen MR) is 93.3 cm³/mol. The highest BCUT2D eigenvalue weighted by Gasteiger charge is 2.41. The molecule has 0 radical (unpaired) electrons. The van der Waals surface area contributed by atoms with Crippen molar-refractivity contribution in [2.45, 2.75) is 56.6 Å². The first-order valence-corrected chi connectivity index (χ1v) is 9.54. The second-order valence-electron chi connectivity index (χ2n) is 7.72. The molecule has 25 heavy (non-hydrogen) atoms. The number of amides is 3. The Balaban J connectivity index is 1.48. The van der Waals surface area contributed by atoms with E-state index >= 15 is 0 Å². The molecule has 2 heterocycles. The summed E-state index contributed by atoms with van der Waals surface area (Å²) in [5.41, 5.74) is -0.178. The van der Waals surface area contributed by atoms with Gasteiger partial charge in [0.05, 0.1) is 6.10 Å². The van der Waals surface area contributed by atoms with Crippen molar-refractivity contribution >= 4 is 11.9 Å². The number of urea groups is 1. The van der Waals surface area contributed by atoms with Crippen LogP contribution in [0.5, 0.6) is 0 Å². The summed E-state index contributed by atoms with van der Waals surface area (Å²) in [6.45, 7) is 2.84. The number of hydrogen-bond acceptors (Lipinski definition) is 4. The molecule has 7 heteroatoms. The van der Waals surface area contributed by atoms with Crippen molar-refractivity contribution in [3.63, 3.8) is 0 Å². The number of ether oxygens (including phenoxy) is 2. The molecule has 1 atom stereocenters. The summed E-state index contributed by atoms with van der Waals surface area (Å²) in [5.74, 6) is 0.669. The van der Waals surface area contributed by atoms with Crippen LogP contribution in [0, 0.1) is 5.92 Å². The number of piperidine rings is 1. The second-order valence-corrected chi connectivity index (χ2v) is 7.72. The number of carbonyl (C=O) groups is 2. The average molecular weight is 353 g/mol. The van der Waals surface area contributed by atoms with Gasteiger partial charge in [0.2, 0.25) is 5.91 Å². The Morgan fingerprint density at radius 1 is 1.24 bits per heavy atom. The molecule has 0 aromatic carbocycles. The molecular formula is C18H31N3O4. The number of nitrogens with one attached hydrogen (secondary N) is 2. The summed E-state index contributed by atoms with van der Waals surface area (Å²) in [6, 6.07) is -0.0151. The van der Waals surface area contributed by atoms with Crippen LogP contribution in [0.25, 0.3) is 0 Å². The maximum atomic E-state index is 12.4. The van der Waals surface area contributed by atoms with Crippen molar-refractivity contribution < 1.29 is 19.1 Å². The normalized spacial score (nSPS) is 25.6. The predicted octanol–water partition coefficient (Wildman–Crippen LogP) is 1.27. The van der Waals surface area contributed by atoms with Crippen molar-refractivity contribution in [2.24, 2.45) is 5.92 Å². The van der Waals surface area contributed by atoms with E-state index in [2.05, 4.69) is 10.6 Å². The molecule has 0 spiro atoms. The highest BCUT2D eigenvalue weighted by atomic mass is 16.5. The van der Waals surface area contributed by atoms with E-state index in [1.54, 1.807) is 0 Å². The van der Waals surface area contributed by atoms with E-state index in [1.807, 2.05) is 4.90 Å². The Morgan fingerprint density at radius 3 is 2.60 bits per heavy atom. The SMILES string of the molecule is COCC(=O)NC1(CC2CC2)CCN(C(=O)NCC2CCCO2)CC1. The zero-order chi connectivity index (χ0) is 17.7. The van der Waals surface area contributed by atoms with E-state index in [-0.39, 0.29) is 30.2 Å². The molecule has 3 amide bonds. The van der Waals surface area contributed by atoms with Gasteiger partial charge in [0.25, 0.3) is 0 Å². The van der Waals surface area contributed by atoms with Gasteiger partial charge in [-0.3, -0.25) is 4.79 Å². The van der Waals surface area contributed by atoms with Gasteiger partial charge >= 0.3 is 6.03 Å². The Labute approximate surface area is 149 Å². The Hall–Kier alpha value is -1.34. The van der Waals surface area contributed by atoms with Crippen LogP contribution in [0.2, 0.25) is 0 Å². The van der Waals surface area contributed by atoms with Gasteiger partial charge in [0.15, 0.2) is 0 Å². The van der Waals surface area contributed by atoms with E-state index in [4.69, 9.17) is 9.47 Å². The first-order valence-electron chi connectivity index (χ1n) is 9.54. The number of carbonyl (C=O) groups excluding carboxylic acids is 2. The summed E-state index contributed by atoms with van der Waals surface area (Å²) in [5, 5.41) is 6.19. The number of nitrogens with zero attached hydrogens (tertiary/aromatic N) is 1. The molecule has 2 saturated heterocycles. The Morgan fingerprint density at radius 2 is 2.00 bits per heavy atom. The molecule has 1 saturated carbocycles. The lowest BCUT2D eigenvalue weighted by atomic mass is 9.82. The van der Waals surface area contributed by atoms with E-state index in [1.165, 1.54) is 20.0 Å². The molecule has 142 valence electrons. The highest BCUT2D eigenvalue weighted by Crippen LogP contribution is 2.40. The molecule has 2 N–H and O–H groups in total. The van der Waals surface area contributed by atoms with E-state index in [9.17, 15) is 9.59 Å². The zero-order valence-corrected chi connectivity index (χ0v) is 15.2. The second kappa shape index (κ2) is 8.36. The monoisotopic (exact) mass is 353 g/mol. The van der Waals surface area contributed by atoms with Crippen LogP contribution in [-0.2, 0) is 14.3 Å². The number of methoxy groups -OCH3 is 1. The minimum Gasteiger partial charge on any atom is -0.376 e. The van der Waals surface area contributed by atoms with Gasteiger partial charge in [-0.15, -0.1) is 0 Å². The molecule has 1 aliphatic carbocycles. The molecule has 0 aromatic heterocycles. The van der Waals surface area contributed by atoms with Crippen LogP contribution in [0.1, 0.15) is 44.9 Å². The topological polar surface area (TPSA) is 79.9 Å². The summed E-state index contributed by atoms with van der Waals surface area (Å²) < 4.78 is 10.5. The largest absolute Gasteiger partial charge is 0.376 e. The fraction of sp³-hybridized carbons (Fsp3) is 0.889. The van der Waals surface area contributed by atoms with E-state index < -0.39 is 0 Å². The van der Waals surface area contributed by atoms with Crippen LogP contribution in [0.15, 0.2) is 0 Å². The molecule has 0 aromatic rings. The van der Waals surface area contributed by atoms with Crippen molar-refractivity contribution in [3.8, 4) is 0 Å². The van der Waals surface area contributed by atoms with Gasteiger partial charge in [-0.05, 0) is 38.0 Å². The van der Waals surface area contributed by atoms with Gasteiger partial charge < -0.3 is 25.0 Å². The highest BCUT2D eigenvalue weighted by molar-refractivity contribution is 5.78. The molecule has 7 nitrogen and oxygen atoms in total. The molecule has 2 aliphatic heterocycles. The summed E-state index contributed by atoms with van der Waals surface area (Å²) in [7, 11) is 1.54. The molecule has 0 bridgehead atoms. The van der Waals surface area contributed by atoms with Gasteiger partial charge in [0.1, 0.15) is 6.61 Å². The number of rotatable bonds is 7. The lowest BCUT2D eigenvalue weighted by Gasteiger charge is -2.42. The van der Waals surface area contributed by atoms with Crippen molar-refractivity contribution in [3.05, 3.63) is 0 Å².